The Bertz CT molecular complexity index is 1260. The Morgan fingerprint density at radius 2 is 1.39 bits per heavy atom. The Labute approximate surface area is 171 Å². The maximum Gasteiger partial charge on any atom is 0.295 e. The van der Waals surface area contributed by atoms with E-state index >= 15 is 0 Å². The van der Waals surface area contributed by atoms with Gasteiger partial charge < -0.3 is 0 Å². The maximum absolute atomic E-state index is 11.8. The summed E-state index contributed by atoms with van der Waals surface area (Å²) in [7, 11) is -9.50. The van der Waals surface area contributed by atoms with Gasteiger partial charge in [0.1, 0.15) is 16.3 Å². The molecule has 0 aliphatic heterocycles. The van der Waals surface area contributed by atoms with E-state index in [0.717, 1.165) is 18.2 Å². The van der Waals surface area contributed by atoms with Crippen molar-refractivity contribution < 1.29 is 25.9 Å². The number of nitrogens with zero attached hydrogens (tertiary/aromatic N) is 2. The third-order valence-corrected chi connectivity index (χ3v) is 5.31. The number of thiocarbonyl (C=S) groups is 2. The molecule has 144 valence electrons. The third-order valence-electron chi connectivity index (χ3n) is 3.37. The van der Waals surface area contributed by atoms with Gasteiger partial charge in [-0.2, -0.15) is 26.8 Å². The maximum atomic E-state index is 11.8. The lowest BCUT2D eigenvalue weighted by Crippen LogP contribution is -2.06. The van der Waals surface area contributed by atoms with Crippen molar-refractivity contribution in [2.24, 2.45) is 9.98 Å². The molecule has 0 saturated carbocycles. The largest absolute Gasteiger partial charge is 0.295 e. The van der Waals surface area contributed by atoms with Gasteiger partial charge in [-0.05, 0) is 42.6 Å². The van der Waals surface area contributed by atoms with Crippen molar-refractivity contribution in [1.29, 1.82) is 0 Å². The van der Waals surface area contributed by atoms with Crippen LogP contribution in [0.4, 0.5) is 0 Å². The molecular formula is C16H10N2O6S4. The summed E-state index contributed by atoms with van der Waals surface area (Å²) in [5, 5.41) is 4.18. The minimum atomic E-state index is -4.81. The summed E-state index contributed by atoms with van der Waals surface area (Å²) < 4.78 is 65.5. The first kappa shape index (κ1) is 21.9. The Hall–Kier alpha value is -2.40. The molecule has 0 unspecified atom stereocenters. The fourth-order valence-corrected chi connectivity index (χ4v) is 3.62. The van der Waals surface area contributed by atoms with Crippen molar-refractivity contribution in [3.05, 3.63) is 59.7 Å². The van der Waals surface area contributed by atoms with Crippen LogP contribution < -0.4 is 0 Å². The van der Waals surface area contributed by atoms with Gasteiger partial charge in [0, 0.05) is 11.1 Å². The van der Waals surface area contributed by atoms with Gasteiger partial charge in [-0.25, -0.2) is 0 Å². The molecule has 0 spiro atoms. The topological polar surface area (TPSA) is 133 Å². The summed E-state index contributed by atoms with van der Waals surface area (Å²) in [5.41, 5.74) is -0.229. The predicted octanol–water partition coefficient (Wildman–Crippen LogP) is 3.21. The van der Waals surface area contributed by atoms with Crippen molar-refractivity contribution in [2.45, 2.75) is 9.79 Å². The minimum Gasteiger partial charge on any atom is -0.282 e. The molecule has 0 aliphatic carbocycles. The van der Waals surface area contributed by atoms with Crippen LogP contribution in [0.1, 0.15) is 11.1 Å². The van der Waals surface area contributed by atoms with Gasteiger partial charge in [0.05, 0.1) is 15.2 Å². The summed E-state index contributed by atoms with van der Waals surface area (Å²) in [6, 6.07) is 10.7. The molecule has 0 amide bonds. The van der Waals surface area contributed by atoms with Crippen LogP contribution >= 0.6 is 24.4 Å². The number of benzene rings is 2. The van der Waals surface area contributed by atoms with Gasteiger partial charge in [0.2, 0.25) is 0 Å². The highest BCUT2D eigenvalue weighted by Crippen LogP contribution is 2.33. The molecule has 0 aliphatic rings. The van der Waals surface area contributed by atoms with E-state index in [2.05, 4.69) is 44.7 Å². The molecule has 0 heterocycles. The number of hydrogen-bond acceptors (Lipinski definition) is 8. The average molecular weight is 455 g/mol. The molecule has 0 aromatic heterocycles. The highest BCUT2D eigenvalue weighted by molar-refractivity contribution is 7.86. The average Bonchev–Trinajstić information content (AvgIpc) is 2.63. The van der Waals surface area contributed by atoms with Crippen LogP contribution in [0.3, 0.4) is 0 Å². The zero-order chi connectivity index (χ0) is 20.9. The first-order valence-corrected chi connectivity index (χ1v) is 10.8. The molecule has 0 radical (unpaired) electrons. The fourth-order valence-electron chi connectivity index (χ4n) is 2.26. The summed E-state index contributed by atoms with van der Waals surface area (Å²) in [4.78, 5) is 6.36. The monoisotopic (exact) mass is 454 g/mol. The number of isothiocyanates is 2. The third kappa shape index (κ3) is 5.10. The fraction of sp³-hybridized carbons (Fsp3) is 0. The summed E-state index contributed by atoms with van der Waals surface area (Å²) in [5.74, 6) is 0. The van der Waals surface area contributed by atoms with E-state index in [9.17, 15) is 25.9 Å². The van der Waals surface area contributed by atoms with E-state index in [0.29, 0.717) is 5.56 Å². The zero-order valence-corrected chi connectivity index (χ0v) is 16.9. The van der Waals surface area contributed by atoms with Crippen molar-refractivity contribution in [3.63, 3.8) is 0 Å². The van der Waals surface area contributed by atoms with Crippen LogP contribution in [-0.2, 0) is 20.2 Å². The Morgan fingerprint density at radius 3 is 1.89 bits per heavy atom. The van der Waals surface area contributed by atoms with Gasteiger partial charge >= 0.3 is 0 Å². The van der Waals surface area contributed by atoms with Crippen LogP contribution in [0.2, 0.25) is 0 Å². The summed E-state index contributed by atoms with van der Waals surface area (Å²) >= 11 is 9.24. The van der Waals surface area contributed by atoms with Crippen LogP contribution in [-0.4, -0.2) is 36.3 Å². The second kappa shape index (κ2) is 8.74. The predicted molar refractivity (Wildman–Crippen MR) is 109 cm³/mol. The normalized spacial score (nSPS) is 12.4. The SMILES string of the molecule is O=S(=O)(O)c1ccc(S(=O)(=O)O)c(C(N=C=S)=C(N=C=S)c2ccccc2)c1. The molecule has 2 rings (SSSR count). The van der Waals surface area contributed by atoms with Crippen molar-refractivity contribution in [1.82, 2.24) is 0 Å². The molecule has 0 saturated heterocycles. The first-order chi connectivity index (χ1) is 13.1. The summed E-state index contributed by atoms with van der Waals surface area (Å²) in [6.07, 6.45) is 0. The molecule has 2 aromatic carbocycles. The molecule has 2 N–H and O–H groups in total. The molecule has 0 fully saturated rings. The molecular weight excluding hydrogens is 444 g/mol. The number of hydrogen-bond donors (Lipinski definition) is 2. The van der Waals surface area contributed by atoms with Crippen molar-refractivity contribution in [2.75, 3.05) is 0 Å². The zero-order valence-electron chi connectivity index (χ0n) is 13.7. The van der Waals surface area contributed by atoms with Crippen LogP contribution in [0.25, 0.3) is 11.4 Å². The summed E-state index contributed by atoms with van der Waals surface area (Å²) in [6.45, 7) is 0. The lowest BCUT2D eigenvalue weighted by Gasteiger charge is -2.11. The second-order valence-corrected chi connectivity index (χ2v) is 8.25. The van der Waals surface area contributed by atoms with E-state index in [1.54, 1.807) is 30.3 Å². The van der Waals surface area contributed by atoms with E-state index in [-0.39, 0.29) is 17.0 Å². The van der Waals surface area contributed by atoms with Crippen LogP contribution in [0, 0.1) is 0 Å². The van der Waals surface area contributed by atoms with Gasteiger partial charge in [-0.3, -0.25) is 9.11 Å². The smallest absolute Gasteiger partial charge is 0.282 e. The number of aliphatic imine (C=N–C) groups is 2. The molecule has 28 heavy (non-hydrogen) atoms. The van der Waals surface area contributed by atoms with Crippen LogP contribution in [0.5, 0.6) is 0 Å². The molecule has 12 heteroatoms. The Balaban J connectivity index is 3.07. The molecule has 8 nitrogen and oxygen atoms in total. The van der Waals surface area contributed by atoms with Gasteiger partial charge in [0.15, 0.2) is 0 Å². The second-order valence-electron chi connectivity index (χ2n) is 5.08. The molecule has 0 atom stereocenters. The van der Waals surface area contributed by atoms with Gasteiger partial charge in [-0.1, -0.05) is 30.3 Å². The highest BCUT2D eigenvalue weighted by Gasteiger charge is 2.24. The van der Waals surface area contributed by atoms with Crippen molar-refractivity contribution >= 4 is 66.4 Å². The van der Waals surface area contributed by atoms with Gasteiger partial charge in [-0.15, -0.1) is 0 Å². The first-order valence-electron chi connectivity index (χ1n) is 7.14. The standard InChI is InChI=1S/C16H10N2O6S4/c19-27(20,21)12-6-7-14(28(22,23)24)13(8-12)16(18-10-26)15(17-9-25)11-4-2-1-3-5-11/h1-8H,(H,19,20,21)(H,22,23,24). The van der Waals surface area contributed by atoms with Crippen LogP contribution in [0.15, 0.2) is 68.3 Å². The Morgan fingerprint density at radius 1 is 0.821 bits per heavy atom. The Kier molecular flexibility index (Phi) is 6.83. The van der Waals surface area contributed by atoms with Gasteiger partial charge in [0.25, 0.3) is 20.2 Å². The molecule has 2 aromatic rings. The van der Waals surface area contributed by atoms with E-state index in [1.807, 2.05) is 0 Å². The lowest BCUT2D eigenvalue weighted by molar-refractivity contribution is 0.478. The van der Waals surface area contributed by atoms with E-state index < -0.39 is 30.0 Å². The lowest BCUT2D eigenvalue weighted by atomic mass is 10.1. The highest BCUT2D eigenvalue weighted by atomic mass is 32.2. The van der Waals surface area contributed by atoms with E-state index in [4.69, 9.17) is 0 Å². The molecule has 0 bridgehead atoms. The number of rotatable bonds is 6. The quantitative estimate of drug-likeness (QED) is 0.294. The minimum absolute atomic E-state index is 0.00895. The van der Waals surface area contributed by atoms with Crippen molar-refractivity contribution in [3.8, 4) is 0 Å². The van der Waals surface area contributed by atoms with E-state index in [1.165, 1.54) is 0 Å².